The number of hydrogen-bond acceptors (Lipinski definition) is 3. The molecular weight excluding hydrogens is 144 g/mol. The Morgan fingerprint density at radius 2 is 1.82 bits per heavy atom. The fourth-order valence-electron chi connectivity index (χ4n) is 1.38. The smallest absolute Gasteiger partial charge is 0.311 e. The Kier molecular flexibility index (Phi) is 1.71. The van der Waals surface area contributed by atoms with Gasteiger partial charge < -0.3 is 9.47 Å². The Hall–Kier alpha value is -0.570. The third kappa shape index (κ3) is 2.19. The van der Waals surface area contributed by atoms with E-state index in [4.69, 9.17) is 9.47 Å². The van der Waals surface area contributed by atoms with Crippen LogP contribution in [0.4, 0.5) is 0 Å². The van der Waals surface area contributed by atoms with Gasteiger partial charge in [0.2, 0.25) is 5.79 Å². The average molecular weight is 158 g/mol. The van der Waals surface area contributed by atoms with Gasteiger partial charge in [0.1, 0.15) is 0 Å². The molecule has 0 aliphatic carbocycles. The number of ether oxygens (including phenoxy) is 2. The number of carbonyl (C=O) groups excluding carboxylic acids is 1. The zero-order chi connectivity index (χ0) is 8.70. The second kappa shape index (κ2) is 2.21. The second-order valence-corrected chi connectivity index (χ2v) is 3.91. The van der Waals surface area contributed by atoms with Crippen LogP contribution in [0, 0.1) is 0 Å². The van der Waals surface area contributed by atoms with E-state index in [0.29, 0.717) is 6.42 Å². The third-order valence-electron chi connectivity index (χ3n) is 1.45. The predicted molar refractivity (Wildman–Crippen MR) is 40.0 cm³/mol. The molecule has 0 bridgehead atoms. The second-order valence-electron chi connectivity index (χ2n) is 3.91. The van der Waals surface area contributed by atoms with Gasteiger partial charge in [0, 0.05) is 13.8 Å². The van der Waals surface area contributed by atoms with Gasteiger partial charge in [0.25, 0.3) is 0 Å². The summed E-state index contributed by atoms with van der Waals surface area (Å²) in [6.45, 7) is 7.25. The summed E-state index contributed by atoms with van der Waals surface area (Å²) in [4.78, 5) is 11.0. The van der Waals surface area contributed by atoms with E-state index in [1.54, 1.807) is 13.8 Å². The Morgan fingerprint density at radius 1 is 1.27 bits per heavy atom. The number of rotatable bonds is 0. The van der Waals surface area contributed by atoms with Gasteiger partial charge in [0.05, 0.1) is 12.0 Å². The van der Waals surface area contributed by atoms with Crippen molar-refractivity contribution in [1.29, 1.82) is 0 Å². The quantitative estimate of drug-likeness (QED) is 0.501. The van der Waals surface area contributed by atoms with Gasteiger partial charge in [0.15, 0.2) is 0 Å². The lowest BCUT2D eigenvalue weighted by Crippen LogP contribution is -2.47. The summed E-state index contributed by atoms with van der Waals surface area (Å²) in [5, 5.41) is 0. The highest BCUT2D eigenvalue weighted by atomic mass is 16.7. The van der Waals surface area contributed by atoms with Gasteiger partial charge in [-0.1, -0.05) is 0 Å². The van der Waals surface area contributed by atoms with Crippen LogP contribution in [-0.4, -0.2) is 17.4 Å². The highest BCUT2D eigenvalue weighted by Gasteiger charge is 2.39. The van der Waals surface area contributed by atoms with E-state index in [-0.39, 0.29) is 5.97 Å². The number of hydrogen-bond donors (Lipinski definition) is 0. The van der Waals surface area contributed by atoms with Gasteiger partial charge in [-0.05, 0) is 13.8 Å². The number of cyclic esters (lactones) is 1. The lowest BCUT2D eigenvalue weighted by molar-refractivity contribution is -0.280. The molecule has 0 aromatic heterocycles. The zero-order valence-electron chi connectivity index (χ0n) is 7.43. The van der Waals surface area contributed by atoms with E-state index in [2.05, 4.69) is 0 Å². The first kappa shape index (κ1) is 8.53. The summed E-state index contributed by atoms with van der Waals surface area (Å²) in [6, 6.07) is 0. The van der Waals surface area contributed by atoms with Gasteiger partial charge >= 0.3 is 5.97 Å². The van der Waals surface area contributed by atoms with Crippen molar-refractivity contribution >= 4 is 5.97 Å². The van der Waals surface area contributed by atoms with Crippen LogP contribution < -0.4 is 0 Å². The van der Waals surface area contributed by atoms with Crippen LogP contribution in [0.15, 0.2) is 0 Å². The summed E-state index contributed by atoms with van der Waals surface area (Å²) in [6.07, 6.45) is 0.330. The molecule has 1 aliphatic rings. The molecule has 0 spiro atoms. The summed E-state index contributed by atoms with van der Waals surface area (Å²) in [5.41, 5.74) is -0.390. The van der Waals surface area contributed by atoms with Crippen LogP contribution in [0.1, 0.15) is 34.1 Å². The van der Waals surface area contributed by atoms with E-state index in [1.165, 1.54) is 0 Å². The molecule has 0 atom stereocenters. The highest BCUT2D eigenvalue weighted by Crippen LogP contribution is 2.30. The molecule has 1 saturated heterocycles. The van der Waals surface area contributed by atoms with Crippen molar-refractivity contribution in [2.45, 2.75) is 45.5 Å². The number of carbonyl (C=O) groups is 1. The monoisotopic (exact) mass is 158 g/mol. The minimum atomic E-state index is -0.765. The van der Waals surface area contributed by atoms with Crippen molar-refractivity contribution in [2.75, 3.05) is 0 Å². The average Bonchev–Trinajstić information content (AvgIpc) is 1.49. The van der Waals surface area contributed by atoms with Crippen LogP contribution in [0.3, 0.4) is 0 Å². The maximum Gasteiger partial charge on any atom is 0.311 e. The molecule has 0 aromatic carbocycles. The standard InChI is InChI=1S/C8H14O3/c1-7(2)5-6(9)10-8(3,4)11-7/h5H2,1-4H3. The van der Waals surface area contributed by atoms with E-state index in [9.17, 15) is 4.79 Å². The molecule has 0 N–H and O–H groups in total. The molecule has 64 valence electrons. The Morgan fingerprint density at radius 3 is 2.18 bits per heavy atom. The van der Waals surface area contributed by atoms with Crippen molar-refractivity contribution in [2.24, 2.45) is 0 Å². The van der Waals surface area contributed by atoms with Crippen molar-refractivity contribution in [3.8, 4) is 0 Å². The Bertz CT molecular complexity index is 164. The van der Waals surface area contributed by atoms with Crippen molar-refractivity contribution in [3.63, 3.8) is 0 Å². The molecule has 0 saturated carbocycles. The summed E-state index contributed by atoms with van der Waals surface area (Å²) < 4.78 is 10.4. The predicted octanol–water partition coefficient (Wildman–Crippen LogP) is 1.46. The van der Waals surface area contributed by atoms with E-state index < -0.39 is 11.4 Å². The van der Waals surface area contributed by atoms with Crippen LogP contribution in [0.25, 0.3) is 0 Å². The molecule has 0 unspecified atom stereocenters. The maximum atomic E-state index is 11.0. The highest BCUT2D eigenvalue weighted by molar-refractivity contribution is 5.71. The summed E-state index contributed by atoms with van der Waals surface area (Å²) >= 11 is 0. The minimum Gasteiger partial charge on any atom is -0.434 e. The van der Waals surface area contributed by atoms with E-state index >= 15 is 0 Å². The summed E-state index contributed by atoms with van der Waals surface area (Å²) in [5.74, 6) is -0.954. The lowest BCUT2D eigenvalue weighted by Gasteiger charge is -2.39. The molecule has 0 aromatic rings. The first-order valence-corrected chi connectivity index (χ1v) is 3.73. The molecule has 1 heterocycles. The first-order valence-electron chi connectivity index (χ1n) is 3.73. The molecule has 0 amide bonds. The Labute approximate surface area is 66.7 Å². The molecule has 0 radical (unpaired) electrons. The molecule has 1 rings (SSSR count). The van der Waals surface area contributed by atoms with Crippen LogP contribution in [0.5, 0.6) is 0 Å². The SMILES string of the molecule is CC1(C)CC(=O)OC(C)(C)O1. The van der Waals surface area contributed by atoms with Gasteiger partial charge in [-0.2, -0.15) is 0 Å². The molecule has 3 heteroatoms. The first-order chi connectivity index (χ1) is 4.81. The van der Waals surface area contributed by atoms with Crippen molar-refractivity contribution in [1.82, 2.24) is 0 Å². The molecule has 1 fully saturated rings. The molecular formula is C8H14O3. The minimum absolute atomic E-state index is 0.189. The topological polar surface area (TPSA) is 35.5 Å². The largest absolute Gasteiger partial charge is 0.434 e. The fraction of sp³-hybridized carbons (Fsp3) is 0.875. The van der Waals surface area contributed by atoms with Crippen molar-refractivity contribution in [3.05, 3.63) is 0 Å². The Balaban J connectivity index is 2.74. The fourth-order valence-corrected chi connectivity index (χ4v) is 1.38. The normalized spacial score (nSPS) is 27.8. The van der Waals surface area contributed by atoms with Crippen LogP contribution in [-0.2, 0) is 14.3 Å². The van der Waals surface area contributed by atoms with Crippen LogP contribution >= 0.6 is 0 Å². The van der Waals surface area contributed by atoms with Crippen LogP contribution in [0.2, 0.25) is 0 Å². The van der Waals surface area contributed by atoms with E-state index in [1.807, 2.05) is 13.8 Å². The summed E-state index contributed by atoms with van der Waals surface area (Å²) in [7, 11) is 0. The van der Waals surface area contributed by atoms with Crippen molar-refractivity contribution < 1.29 is 14.3 Å². The lowest BCUT2D eigenvalue weighted by atomic mass is 10.0. The molecule has 3 nitrogen and oxygen atoms in total. The van der Waals surface area contributed by atoms with Gasteiger partial charge in [-0.3, -0.25) is 4.79 Å². The third-order valence-corrected chi connectivity index (χ3v) is 1.45. The van der Waals surface area contributed by atoms with E-state index in [0.717, 1.165) is 0 Å². The van der Waals surface area contributed by atoms with Gasteiger partial charge in [-0.25, -0.2) is 0 Å². The van der Waals surface area contributed by atoms with Gasteiger partial charge in [-0.15, -0.1) is 0 Å². The molecule has 11 heavy (non-hydrogen) atoms. The number of esters is 1. The maximum absolute atomic E-state index is 11.0. The molecule has 1 aliphatic heterocycles. The zero-order valence-corrected chi connectivity index (χ0v) is 7.43.